The first-order valence-electron chi connectivity index (χ1n) is 5.13. The Morgan fingerprint density at radius 3 is 2.06 bits per heavy atom. The van der Waals surface area contributed by atoms with E-state index in [1.165, 1.54) is 5.56 Å². The lowest BCUT2D eigenvalue weighted by molar-refractivity contribution is 1.08. The van der Waals surface area contributed by atoms with Crippen molar-refractivity contribution in [1.82, 2.24) is 0 Å². The smallest absolute Gasteiger partial charge is 0.126 e. The van der Waals surface area contributed by atoms with E-state index in [1.54, 1.807) is 0 Å². The van der Waals surface area contributed by atoms with E-state index >= 15 is 0 Å². The molecule has 16 heavy (non-hydrogen) atoms. The van der Waals surface area contributed by atoms with Crippen molar-refractivity contribution in [2.45, 2.75) is 4.05 Å². The van der Waals surface area contributed by atoms with Crippen molar-refractivity contribution in [2.75, 3.05) is 0 Å². The molecule has 2 rings (SSSR count). The molecule has 1 unspecified atom stereocenters. The zero-order valence-electron chi connectivity index (χ0n) is 8.75. The maximum absolute atomic E-state index is 4.53. The van der Waals surface area contributed by atoms with Crippen LogP contribution in [0.3, 0.4) is 0 Å². The molecule has 1 atom stereocenters. The van der Waals surface area contributed by atoms with Gasteiger partial charge in [-0.25, -0.2) is 0 Å². The number of rotatable bonds is 3. The molecule has 0 heterocycles. The van der Waals surface area contributed by atoms with Crippen molar-refractivity contribution in [2.24, 2.45) is 4.99 Å². The van der Waals surface area contributed by atoms with Gasteiger partial charge in [-0.05, 0) is 11.1 Å². The minimum atomic E-state index is 0.180. The van der Waals surface area contributed by atoms with Gasteiger partial charge in [0.1, 0.15) is 4.05 Å². The van der Waals surface area contributed by atoms with Crippen molar-refractivity contribution < 1.29 is 0 Å². The molecule has 0 aliphatic heterocycles. The van der Waals surface area contributed by atoms with Crippen LogP contribution in [-0.4, -0.2) is 6.21 Å². The summed E-state index contributed by atoms with van der Waals surface area (Å²) >= 11 is 2.34. The molecule has 0 aliphatic carbocycles. The molecule has 0 saturated heterocycles. The average Bonchev–Trinajstić information content (AvgIpc) is 2.38. The molecule has 0 aromatic heterocycles. The second-order valence-electron chi connectivity index (χ2n) is 3.44. The van der Waals surface area contributed by atoms with Crippen LogP contribution >= 0.6 is 22.6 Å². The Bertz CT molecular complexity index is 451. The minimum absolute atomic E-state index is 0.180. The molecular weight excluding hydrogens is 309 g/mol. The standard InChI is InChI=1S/C14H12IN/c15-14(13-9-5-2-6-10-13)16-11-12-7-3-1-4-8-12/h1-11,14H/b16-11-. The lowest BCUT2D eigenvalue weighted by Gasteiger charge is -2.03. The van der Waals surface area contributed by atoms with E-state index in [1.807, 2.05) is 42.6 Å². The third-order valence-corrected chi connectivity index (χ3v) is 3.27. The molecule has 0 fully saturated rings. The maximum Gasteiger partial charge on any atom is 0.126 e. The van der Waals surface area contributed by atoms with Crippen LogP contribution < -0.4 is 0 Å². The Morgan fingerprint density at radius 2 is 1.44 bits per heavy atom. The molecule has 0 aliphatic rings. The summed E-state index contributed by atoms with van der Waals surface area (Å²) in [6.07, 6.45) is 1.92. The van der Waals surface area contributed by atoms with Gasteiger partial charge in [-0.1, -0.05) is 83.3 Å². The molecule has 80 valence electrons. The van der Waals surface area contributed by atoms with Gasteiger partial charge >= 0.3 is 0 Å². The highest BCUT2D eigenvalue weighted by molar-refractivity contribution is 14.1. The van der Waals surface area contributed by atoms with Crippen molar-refractivity contribution in [3.63, 3.8) is 0 Å². The SMILES string of the molecule is IC(/N=C\c1ccccc1)c1ccccc1. The van der Waals surface area contributed by atoms with Gasteiger partial charge in [0, 0.05) is 6.21 Å². The van der Waals surface area contributed by atoms with Crippen molar-refractivity contribution in [3.05, 3.63) is 71.8 Å². The zero-order valence-corrected chi connectivity index (χ0v) is 10.9. The number of nitrogens with zero attached hydrogens (tertiary/aromatic N) is 1. The number of hydrogen-bond donors (Lipinski definition) is 0. The van der Waals surface area contributed by atoms with Crippen LogP contribution in [-0.2, 0) is 0 Å². The van der Waals surface area contributed by atoms with Gasteiger partial charge in [0.2, 0.25) is 0 Å². The van der Waals surface area contributed by atoms with Crippen LogP contribution in [0.4, 0.5) is 0 Å². The molecule has 2 aromatic rings. The van der Waals surface area contributed by atoms with Crippen LogP contribution in [0, 0.1) is 0 Å². The molecule has 0 bridgehead atoms. The molecular formula is C14H12IN. The third kappa shape index (κ3) is 3.17. The molecule has 2 aromatic carbocycles. The summed E-state index contributed by atoms with van der Waals surface area (Å²) in [5.41, 5.74) is 2.37. The van der Waals surface area contributed by atoms with E-state index in [0.29, 0.717) is 0 Å². The first-order valence-corrected chi connectivity index (χ1v) is 6.38. The van der Waals surface area contributed by atoms with Gasteiger partial charge in [0.05, 0.1) is 0 Å². The van der Waals surface area contributed by atoms with Crippen LogP contribution in [0.5, 0.6) is 0 Å². The fourth-order valence-corrected chi connectivity index (χ4v) is 1.96. The van der Waals surface area contributed by atoms with Gasteiger partial charge in [0.15, 0.2) is 0 Å². The first-order chi connectivity index (χ1) is 7.86. The van der Waals surface area contributed by atoms with Gasteiger partial charge in [-0.15, -0.1) is 0 Å². The van der Waals surface area contributed by atoms with E-state index < -0.39 is 0 Å². The maximum atomic E-state index is 4.53. The van der Waals surface area contributed by atoms with Crippen LogP contribution in [0.1, 0.15) is 15.2 Å². The number of hydrogen-bond acceptors (Lipinski definition) is 1. The van der Waals surface area contributed by atoms with Crippen LogP contribution in [0.2, 0.25) is 0 Å². The normalized spacial score (nSPS) is 12.8. The van der Waals surface area contributed by atoms with Crippen molar-refractivity contribution in [3.8, 4) is 0 Å². The summed E-state index contributed by atoms with van der Waals surface area (Å²) in [5.74, 6) is 0. The van der Waals surface area contributed by atoms with E-state index in [-0.39, 0.29) is 4.05 Å². The second kappa shape index (κ2) is 5.80. The lowest BCUT2D eigenvalue weighted by Crippen LogP contribution is -1.87. The molecule has 1 nitrogen and oxygen atoms in total. The van der Waals surface area contributed by atoms with Crippen molar-refractivity contribution in [1.29, 1.82) is 0 Å². The Labute approximate surface area is 109 Å². The minimum Gasteiger partial charge on any atom is -0.274 e. The second-order valence-corrected chi connectivity index (χ2v) is 4.62. The van der Waals surface area contributed by atoms with E-state index in [9.17, 15) is 0 Å². The summed E-state index contributed by atoms with van der Waals surface area (Å²) < 4.78 is 0.180. The van der Waals surface area contributed by atoms with E-state index in [2.05, 4.69) is 51.8 Å². The van der Waals surface area contributed by atoms with E-state index in [0.717, 1.165) is 5.56 Å². The highest BCUT2D eigenvalue weighted by Crippen LogP contribution is 2.23. The largest absolute Gasteiger partial charge is 0.274 e. The summed E-state index contributed by atoms with van der Waals surface area (Å²) in [4.78, 5) is 4.53. The van der Waals surface area contributed by atoms with Gasteiger partial charge in [-0.2, -0.15) is 0 Å². The van der Waals surface area contributed by atoms with Gasteiger partial charge < -0.3 is 0 Å². The first kappa shape index (κ1) is 11.3. The summed E-state index contributed by atoms with van der Waals surface area (Å²) in [7, 11) is 0. The van der Waals surface area contributed by atoms with Crippen LogP contribution in [0.25, 0.3) is 0 Å². The number of aliphatic imine (C=N–C) groups is 1. The molecule has 0 amide bonds. The summed E-state index contributed by atoms with van der Waals surface area (Å²) in [6, 6.07) is 20.5. The Balaban J connectivity index is 2.08. The summed E-state index contributed by atoms with van der Waals surface area (Å²) in [5, 5.41) is 0. The molecule has 0 saturated carbocycles. The predicted molar refractivity (Wildman–Crippen MR) is 77.2 cm³/mol. The highest BCUT2D eigenvalue weighted by Gasteiger charge is 2.01. The Kier molecular flexibility index (Phi) is 4.10. The molecule has 0 radical (unpaired) electrons. The Morgan fingerprint density at radius 1 is 0.875 bits per heavy atom. The topological polar surface area (TPSA) is 12.4 Å². The fourth-order valence-electron chi connectivity index (χ4n) is 1.39. The molecule has 0 spiro atoms. The average molecular weight is 321 g/mol. The monoisotopic (exact) mass is 321 g/mol. The fraction of sp³-hybridized carbons (Fsp3) is 0.0714. The summed E-state index contributed by atoms with van der Waals surface area (Å²) in [6.45, 7) is 0. The van der Waals surface area contributed by atoms with Gasteiger partial charge in [0.25, 0.3) is 0 Å². The Hall–Kier alpha value is -1.16. The third-order valence-electron chi connectivity index (χ3n) is 2.23. The quantitative estimate of drug-likeness (QED) is 0.347. The lowest BCUT2D eigenvalue weighted by atomic mass is 10.2. The van der Waals surface area contributed by atoms with Gasteiger partial charge in [-0.3, -0.25) is 4.99 Å². The predicted octanol–water partition coefficient (Wildman–Crippen LogP) is 4.24. The zero-order chi connectivity index (χ0) is 11.2. The molecule has 0 N–H and O–H groups in total. The highest BCUT2D eigenvalue weighted by atomic mass is 127. The van der Waals surface area contributed by atoms with E-state index in [4.69, 9.17) is 0 Å². The number of benzene rings is 2. The molecule has 2 heteroatoms. The number of alkyl halides is 1. The van der Waals surface area contributed by atoms with Crippen molar-refractivity contribution >= 4 is 28.8 Å². The number of halogens is 1. The van der Waals surface area contributed by atoms with Crippen LogP contribution in [0.15, 0.2) is 65.7 Å².